The lowest BCUT2D eigenvalue weighted by atomic mass is 10.2. The minimum Gasteiger partial charge on any atom is -0.491 e. The van der Waals surface area contributed by atoms with Crippen LogP contribution in [0.25, 0.3) is 0 Å². The second kappa shape index (κ2) is 7.24. The molecule has 0 aliphatic carbocycles. The van der Waals surface area contributed by atoms with Crippen LogP contribution in [0.3, 0.4) is 0 Å². The SMILES string of the molecule is CCCOc1cc(C)ccc1NC(=O)C(N)c1cccs1. The number of nitrogens with two attached hydrogens (primary N) is 1. The molecule has 0 spiro atoms. The number of benzene rings is 1. The van der Waals surface area contributed by atoms with Gasteiger partial charge in [-0.05, 0) is 42.5 Å². The normalized spacial score (nSPS) is 12.0. The van der Waals surface area contributed by atoms with Crippen molar-refractivity contribution in [3.63, 3.8) is 0 Å². The van der Waals surface area contributed by atoms with Crippen molar-refractivity contribution in [2.75, 3.05) is 11.9 Å². The van der Waals surface area contributed by atoms with Crippen LogP contribution in [0.2, 0.25) is 0 Å². The molecule has 0 fully saturated rings. The van der Waals surface area contributed by atoms with E-state index in [4.69, 9.17) is 10.5 Å². The number of rotatable bonds is 6. The lowest BCUT2D eigenvalue weighted by molar-refractivity contribution is -0.117. The van der Waals surface area contributed by atoms with E-state index in [0.29, 0.717) is 18.0 Å². The van der Waals surface area contributed by atoms with E-state index in [0.717, 1.165) is 16.9 Å². The number of hydrogen-bond donors (Lipinski definition) is 2. The van der Waals surface area contributed by atoms with E-state index in [1.54, 1.807) is 0 Å². The molecule has 1 unspecified atom stereocenters. The Balaban J connectivity index is 2.13. The van der Waals surface area contributed by atoms with E-state index < -0.39 is 6.04 Å². The third-order valence-electron chi connectivity index (χ3n) is 2.99. The molecule has 0 saturated heterocycles. The van der Waals surface area contributed by atoms with Gasteiger partial charge in [0.15, 0.2) is 0 Å². The first-order valence-electron chi connectivity index (χ1n) is 6.95. The maximum absolute atomic E-state index is 12.2. The maximum atomic E-state index is 12.2. The summed E-state index contributed by atoms with van der Waals surface area (Å²) in [6.07, 6.45) is 0.913. The maximum Gasteiger partial charge on any atom is 0.246 e. The Morgan fingerprint density at radius 2 is 2.24 bits per heavy atom. The fourth-order valence-corrected chi connectivity index (χ4v) is 2.60. The van der Waals surface area contributed by atoms with Crippen LogP contribution >= 0.6 is 11.3 Å². The Hall–Kier alpha value is -1.85. The van der Waals surface area contributed by atoms with Crippen molar-refractivity contribution in [1.29, 1.82) is 0 Å². The monoisotopic (exact) mass is 304 g/mol. The van der Waals surface area contributed by atoms with Crippen LogP contribution in [0.4, 0.5) is 5.69 Å². The fourth-order valence-electron chi connectivity index (χ4n) is 1.87. The molecule has 2 aromatic rings. The predicted octanol–water partition coefficient (Wildman–Crippen LogP) is 3.48. The van der Waals surface area contributed by atoms with Crippen LogP contribution < -0.4 is 15.8 Å². The Kier molecular flexibility index (Phi) is 5.36. The van der Waals surface area contributed by atoms with Crippen molar-refractivity contribution in [2.45, 2.75) is 26.3 Å². The zero-order valence-corrected chi connectivity index (χ0v) is 13.1. The van der Waals surface area contributed by atoms with Gasteiger partial charge in [-0.2, -0.15) is 0 Å². The first-order chi connectivity index (χ1) is 10.1. The molecule has 1 aromatic heterocycles. The molecular weight excluding hydrogens is 284 g/mol. The van der Waals surface area contributed by atoms with Gasteiger partial charge in [-0.3, -0.25) is 4.79 Å². The van der Waals surface area contributed by atoms with Gasteiger partial charge in [-0.15, -0.1) is 11.3 Å². The van der Waals surface area contributed by atoms with Gasteiger partial charge in [0.2, 0.25) is 5.91 Å². The van der Waals surface area contributed by atoms with Gasteiger partial charge in [0.1, 0.15) is 11.8 Å². The van der Waals surface area contributed by atoms with Crippen LogP contribution in [0, 0.1) is 6.92 Å². The number of ether oxygens (including phenoxy) is 1. The molecule has 0 bridgehead atoms. The molecular formula is C16H20N2O2S. The van der Waals surface area contributed by atoms with Crippen molar-refractivity contribution < 1.29 is 9.53 Å². The Morgan fingerprint density at radius 3 is 2.90 bits per heavy atom. The third-order valence-corrected chi connectivity index (χ3v) is 3.94. The number of carbonyl (C=O) groups is 1. The summed E-state index contributed by atoms with van der Waals surface area (Å²) in [7, 11) is 0. The van der Waals surface area contributed by atoms with Crippen LogP contribution in [-0.2, 0) is 4.79 Å². The summed E-state index contributed by atoms with van der Waals surface area (Å²) in [6, 6.07) is 8.78. The van der Waals surface area contributed by atoms with Crippen LogP contribution in [0.15, 0.2) is 35.7 Å². The molecule has 0 aliphatic rings. The second-order valence-electron chi connectivity index (χ2n) is 4.83. The molecule has 2 rings (SSSR count). The fraction of sp³-hybridized carbons (Fsp3) is 0.312. The Morgan fingerprint density at radius 1 is 1.43 bits per heavy atom. The lowest BCUT2D eigenvalue weighted by Crippen LogP contribution is -2.27. The van der Waals surface area contributed by atoms with Crippen LogP contribution in [-0.4, -0.2) is 12.5 Å². The molecule has 0 radical (unpaired) electrons. The van der Waals surface area contributed by atoms with Gasteiger partial charge in [-0.1, -0.05) is 19.1 Å². The van der Waals surface area contributed by atoms with Crippen LogP contribution in [0.5, 0.6) is 5.75 Å². The number of anilines is 1. The summed E-state index contributed by atoms with van der Waals surface area (Å²) in [5, 5.41) is 4.76. The van der Waals surface area contributed by atoms with Crippen molar-refractivity contribution in [3.8, 4) is 5.75 Å². The zero-order chi connectivity index (χ0) is 15.2. The highest BCUT2D eigenvalue weighted by Gasteiger charge is 2.18. The van der Waals surface area contributed by atoms with Crippen molar-refractivity contribution >= 4 is 22.9 Å². The number of thiophene rings is 1. The number of aryl methyl sites for hydroxylation is 1. The van der Waals surface area contributed by atoms with Crippen LogP contribution in [0.1, 0.15) is 29.8 Å². The first kappa shape index (κ1) is 15.5. The van der Waals surface area contributed by atoms with E-state index in [-0.39, 0.29) is 5.91 Å². The quantitative estimate of drug-likeness (QED) is 0.858. The number of nitrogens with one attached hydrogen (secondary N) is 1. The Bertz CT molecular complexity index is 596. The minimum atomic E-state index is -0.662. The van der Waals surface area contributed by atoms with E-state index in [2.05, 4.69) is 5.32 Å². The number of carbonyl (C=O) groups excluding carboxylic acids is 1. The number of hydrogen-bond acceptors (Lipinski definition) is 4. The molecule has 21 heavy (non-hydrogen) atoms. The van der Waals surface area contributed by atoms with Gasteiger partial charge in [-0.25, -0.2) is 0 Å². The summed E-state index contributed by atoms with van der Waals surface area (Å²) >= 11 is 1.47. The summed E-state index contributed by atoms with van der Waals surface area (Å²) in [5.74, 6) is 0.450. The summed E-state index contributed by atoms with van der Waals surface area (Å²) in [6.45, 7) is 4.64. The van der Waals surface area contributed by atoms with Gasteiger partial charge in [0.05, 0.1) is 12.3 Å². The highest BCUT2D eigenvalue weighted by molar-refractivity contribution is 7.10. The molecule has 5 heteroatoms. The smallest absolute Gasteiger partial charge is 0.246 e. The van der Waals surface area contributed by atoms with E-state index in [1.165, 1.54) is 11.3 Å². The highest BCUT2D eigenvalue weighted by Crippen LogP contribution is 2.27. The largest absolute Gasteiger partial charge is 0.491 e. The standard InChI is InChI=1S/C16H20N2O2S/c1-3-8-20-13-10-11(2)6-7-12(13)18-16(19)15(17)14-5-4-9-21-14/h4-7,9-10,15H,3,8,17H2,1-2H3,(H,18,19). The van der Waals surface area contributed by atoms with Gasteiger partial charge >= 0.3 is 0 Å². The molecule has 1 atom stereocenters. The first-order valence-corrected chi connectivity index (χ1v) is 7.83. The minimum absolute atomic E-state index is 0.234. The molecule has 0 saturated carbocycles. The average Bonchev–Trinajstić information content (AvgIpc) is 3.00. The van der Waals surface area contributed by atoms with Gasteiger partial charge in [0, 0.05) is 4.88 Å². The van der Waals surface area contributed by atoms with Crippen molar-refractivity contribution in [1.82, 2.24) is 0 Å². The molecule has 3 N–H and O–H groups in total. The molecule has 1 amide bonds. The second-order valence-corrected chi connectivity index (χ2v) is 5.81. The summed E-state index contributed by atoms with van der Waals surface area (Å²) in [5.41, 5.74) is 7.71. The molecule has 1 aromatic carbocycles. The Labute approximate surface area is 128 Å². The van der Waals surface area contributed by atoms with Gasteiger partial charge in [0.25, 0.3) is 0 Å². The molecule has 112 valence electrons. The summed E-state index contributed by atoms with van der Waals surface area (Å²) < 4.78 is 5.69. The third kappa shape index (κ3) is 4.06. The summed E-state index contributed by atoms with van der Waals surface area (Å²) in [4.78, 5) is 13.1. The lowest BCUT2D eigenvalue weighted by Gasteiger charge is -2.15. The van der Waals surface area contributed by atoms with Crippen molar-refractivity contribution in [3.05, 3.63) is 46.2 Å². The molecule has 1 heterocycles. The number of amides is 1. The van der Waals surface area contributed by atoms with Gasteiger partial charge < -0.3 is 15.8 Å². The molecule has 0 aliphatic heterocycles. The highest BCUT2D eigenvalue weighted by atomic mass is 32.1. The molecule has 4 nitrogen and oxygen atoms in total. The van der Waals surface area contributed by atoms with E-state index in [9.17, 15) is 4.79 Å². The van der Waals surface area contributed by atoms with E-state index >= 15 is 0 Å². The average molecular weight is 304 g/mol. The van der Waals surface area contributed by atoms with Crippen molar-refractivity contribution in [2.24, 2.45) is 5.73 Å². The zero-order valence-electron chi connectivity index (χ0n) is 12.3. The van der Waals surface area contributed by atoms with E-state index in [1.807, 2.05) is 49.6 Å². The predicted molar refractivity (Wildman–Crippen MR) is 86.8 cm³/mol. The topological polar surface area (TPSA) is 64.3 Å².